The van der Waals surface area contributed by atoms with Crippen LogP contribution in [0.1, 0.15) is 46.5 Å². The van der Waals surface area contributed by atoms with E-state index in [1.165, 1.54) is 0 Å². The van der Waals surface area contributed by atoms with E-state index in [1.807, 2.05) is 40.1 Å². The molecule has 3 fully saturated rings. The van der Waals surface area contributed by atoms with Gasteiger partial charge in [-0.1, -0.05) is 51.8 Å². The van der Waals surface area contributed by atoms with Crippen molar-refractivity contribution in [3.8, 4) is 0 Å². The lowest BCUT2D eigenvalue weighted by Gasteiger charge is -2.42. The maximum Gasteiger partial charge on any atom is 0.247 e. The average molecular weight is 484 g/mol. The van der Waals surface area contributed by atoms with Gasteiger partial charge in [0.25, 0.3) is 0 Å². The lowest BCUT2D eigenvalue weighted by Crippen LogP contribution is -2.60. The van der Waals surface area contributed by atoms with Gasteiger partial charge in [-0.25, -0.2) is 10.4 Å². The number of rotatable bonds is 8. The molecule has 192 valence electrons. The second kappa shape index (κ2) is 11.5. The summed E-state index contributed by atoms with van der Waals surface area (Å²) in [6.45, 7) is 10.8. The molecule has 0 aromatic heterocycles. The summed E-state index contributed by atoms with van der Waals surface area (Å²) in [7, 11) is 0. The van der Waals surface area contributed by atoms with Gasteiger partial charge in [0.05, 0.1) is 23.6 Å². The van der Waals surface area contributed by atoms with Gasteiger partial charge >= 0.3 is 0 Å². The Morgan fingerprint density at radius 3 is 2.17 bits per heavy atom. The molecule has 0 spiro atoms. The third-order valence-corrected chi connectivity index (χ3v) is 7.90. The topological polar surface area (TPSA) is 76.2 Å². The fourth-order valence-electron chi connectivity index (χ4n) is 5.93. The molecule has 1 aromatic rings. The maximum atomic E-state index is 13.7. The zero-order valence-electron chi connectivity index (χ0n) is 21.5. The number of hydrazine groups is 1. The number of anilines is 1. The van der Waals surface area contributed by atoms with Gasteiger partial charge in [0.15, 0.2) is 0 Å². The third kappa shape index (κ3) is 5.38. The van der Waals surface area contributed by atoms with Crippen LogP contribution in [0.15, 0.2) is 30.3 Å². The summed E-state index contributed by atoms with van der Waals surface area (Å²) in [6.07, 6.45) is 3.89. The highest BCUT2D eigenvalue weighted by Gasteiger charge is 2.51. The number of carbonyl (C=O) groups excluding carboxylic acids is 3. The van der Waals surface area contributed by atoms with E-state index >= 15 is 0 Å². The molecule has 0 bridgehead atoms. The van der Waals surface area contributed by atoms with Crippen molar-refractivity contribution in [2.45, 2.75) is 52.5 Å². The van der Waals surface area contributed by atoms with Gasteiger partial charge < -0.3 is 14.7 Å². The minimum absolute atomic E-state index is 0.0328. The largest absolute Gasteiger partial charge is 0.339 e. The van der Waals surface area contributed by atoms with Crippen LogP contribution >= 0.6 is 0 Å². The van der Waals surface area contributed by atoms with E-state index in [-0.39, 0.29) is 41.5 Å². The van der Waals surface area contributed by atoms with E-state index in [2.05, 4.69) is 31.1 Å². The first-order valence-electron chi connectivity index (χ1n) is 13.4. The first kappa shape index (κ1) is 25.6. The molecule has 8 heteroatoms. The third-order valence-electron chi connectivity index (χ3n) is 7.90. The van der Waals surface area contributed by atoms with Crippen LogP contribution in [-0.4, -0.2) is 84.3 Å². The van der Waals surface area contributed by atoms with Crippen LogP contribution in [0.25, 0.3) is 0 Å². The predicted molar refractivity (Wildman–Crippen MR) is 136 cm³/mol. The minimum Gasteiger partial charge on any atom is -0.339 e. The molecule has 3 amide bonds. The summed E-state index contributed by atoms with van der Waals surface area (Å²) in [5.41, 5.74) is 4.20. The fraction of sp³-hybridized carbons (Fsp3) is 0.667. The van der Waals surface area contributed by atoms with E-state index in [0.29, 0.717) is 39.3 Å². The standard InChI is InChI=1S/C27H41N5O3/c1-4-10-20(11-5-2)25(33)30-14-16-31(17-15-30)26(34)22-18-29(6-3)19-23-24(22)28-32(27(23)35)21-12-8-7-9-13-21/h7-9,12-13,20,22-24,28H,4-6,10-11,14-19H2,1-3H3. The molecule has 3 saturated heterocycles. The number of hydrogen-bond donors (Lipinski definition) is 1. The molecule has 8 nitrogen and oxygen atoms in total. The molecule has 0 aliphatic carbocycles. The number of carbonyl (C=O) groups is 3. The molecule has 4 rings (SSSR count). The van der Waals surface area contributed by atoms with Crippen LogP contribution in [0.3, 0.4) is 0 Å². The van der Waals surface area contributed by atoms with Gasteiger partial charge in [-0.05, 0) is 31.5 Å². The number of likely N-dealkylation sites (tertiary alicyclic amines) is 1. The smallest absolute Gasteiger partial charge is 0.247 e. The van der Waals surface area contributed by atoms with Crippen molar-refractivity contribution in [2.75, 3.05) is 50.8 Å². The molecule has 3 heterocycles. The van der Waals surface area contributed by atoms with Gasteiger partial charge in [0.2, 0.25) is 17.7 Å². The summed E-state index contributed by atoms with van der Waals surface area (Å²) < 4.78 is 0. The normalized spacial score (nSPS) is 25.3. The lowest BCUT2D eigenvalue weighted by molar-refractivity contribution is -0.146. The Morgan fingerprint density at radius 1 is 0.943 bits per heavy atom. The Hall–Kier alpha value is -2.45. The van der Waals surface area contributed by atoms with Crippen LogP contribution < -0.4 is 10.4 Å². The Labute approximate surface area is 209 Å². The molecule has 1 aromatic carbocycles. The molecule has 3 aliphatic heterocycles. The van der Waals surface area contributed by atoms with Crippen molar-refractivity contribution in [3.63, 3.8) is 0 Å². The van der Waals surface area contributed by atoms with Gasteiger partial charge in [-0.2, -0.15) is 0 Å². The van der Waals surface area contributed by atoms with Crippen molar-refractivity contribution in [2.24, 2.45) is 17.8 Å². The van der Waals surface area contributed by atoms with E-state index in [9.17, 15) is 14.4 Å². The van der Waals surface area contributed by atoms with Gasteiger partial charge in [0, 0.05) is 45.2 Å². The van der Waals surface area contributed by atoms with Crippen molar-refractivity contribution in [1.82, 2.24) is 20.1 Å². The van der Waals surface area contributed by atoms with E-state index < -0.39 is 0 Å². The molecule has 35 heavy (non-hydrogen) atoms. The Balaban J connectivity index is 1.43. The highest BCUT2D eigenvalue weighted by Crippen LogP contribution is 2.33. The summed E-state index contributed by atoms with van der Waals surface area (Å²) in [4.78, 5) is 46.2. The second-order valence-electron chi connectivity index (χ2n) is 10.2. The monoisotopic (exact) mass is 483 g/mol. The van der Waals surface area contributed by atoms with Gasteiger partial charge in [-0.15, -0.1) is 0 Å². The number of nitrogens with zero attached hydrogens (tertiary/aromatic N) is 4. The summed E-state index contributed by atoms with van der Waals surface area (Å²) in [6, 6.07) is 9.38. The van der Waals surface area contributed by atoms with Crippen LogP contribution in [0.5, 0.6) is 0 Å². The van der Waals surface area contributed by atoms with Crippen molar-refractivity contribution in [3.05, 3.63) is 30.3 Å². The number of hydrogen-bond acceptors (Lipinski definition) is 5. The maximum absolute atomic E-state index is 13.7. The first-order valence-corrected chi connectivity index (χ1v) is 13.4. The molecule has 0 saturated carbocycles. The van der Waals surface area contributed by atoms with E-state index in [1.54, 1.807) is 5.01 Å². The number of piperazine rings is 1. The molecule has 0 radical (unpaired) electrons. The summed E-state index contributed by atoms with van der Waals surface area (Å²) in [5, 5.41) is 1.63. The van der Waals surface area contributed by atoms with Crippen LogP contribution in [0.4, 0.5) is 5.69 Å². The number of piperidine rings is 1. The predicted octanol–water partition coefficient (Wildman–Crippen LogP) is 2.36. The van der Waals surface area contributed by atoms with Crippen LogP contribution in [0, 0.1) is 17.8 Å². The number of nitrogens with one attached hydrogen (secondary N) is 1. The fourth-order valence-corrected chi connectivity index (χ4v) is 5.93. The summed E-state index contributed by atoms with van der Waals surface area (Å²) in [5.74, 6) is -0.0601. The highest BCUT2D eigenvalue weighted by atomic mass is 16.2. The van der Waals surface area contributed by atoms with Crippen molar-refractivity contribution >= 4 is 23.4 Å². The zero-order chi connectivity index (χ0) is 24.9. The van der Waals surface area contributed by atoms with Crippen LogP contribution in [0.2, 0.25) is 0 Å². The number of fused-ring (bicyclic) bond motifs is 1. The van der Waals surface area contributed by atoms with Gasteiger partial charge in [0.1, 0.15) is 0 Å². The van der Waals surface area contributed by atoms with Gasteiger partial charge in [-0.3, -0.25) is 14.4 Å². The Morgan fingerprint density at radius 2 is 1.57 bits per heavy atom. The minimum atomic E-state index is -0.290. The van der Waals surface area contributed by atoms with Crippen molar-refractivity contribution < 1.29 is 14.4 Å². The van der Waals surface area contributed by atoms with Crippen molar-refractivity contribution in [1.29, 1.82) is 0 Å². The molecular formula is C27H41N5O3. The average Bonchev–Trinajstić information content (AvgIpc) is 3.24. The highest BCUT2D eigenvalue weighted by molar-refractivity contribution is 5.98. The first-order chi connectivity index (χ1) is 17.0. The summed E-state index contributed by atoms with van der Waals surface area (Å²) >= 11 is 0. The Bertz CT molecular complexity index is 880. The number of para-hydroxylation sites is 1. The Kier molecular flexibility index (Phi) is 8.44. The lowest BCUT2D eigenvalue weighted by atomic mass is 9.83. The molecule has 3 unspecified atom stereocenters. The number of amides is 3. The molecule has 1 N–H and O–H groups in total. The zero-order valence-corrected chi connectivity index (χ0v) is 21.5. The van der Waals surface area contributed by atoms with E-state index in [0.717, 1.165) is 37.9 Å². The molecule has 3 atom stereocenters. The molecular weight excluding hydrogens is 442 g/mol. The second-order valence-corrected chi connectivity index (χ2v) is 10.2. The quantitative estimate of drug-likeness (QED) is 0.614. The van der Waals surface area contributed by atoms with E-state index in [4.69, 9.17) is 0 Å². The van der Waals surface area contributed by atoms with Crippen LogP contribution in [-0.2, 0) is 14.4 Å². The molecule has 3 aliphatic rings. The number of benzene rings is 1. The SMILES string of the molecule is CCCC(CCC)C(=O)N1CCN(C(=O)C2CN(CC)CC3C(=O)N(c4ccccc4)NC23)CC1.